The maximum absolute atomic E-state index is 10.2. The van der Waals surface area contributed by atoms with E-state index in [0.717, 1.165) is 16.9 Å². The van der Waals surface area contributed by atoms with E-state index in [1.807, 2.05) is 38.4 Å². The van der Waals surface area contributed by atoms with Crippen molar-refractivity contribution in [1.29, 1.82) is 0 Å². The normalized spacial score (nSPS) is 12.5. The van der Waals surface area contributed by atoms with Crippen molar-refractivity contribution in [3.63, 3.8) is 0 Å². The van der Waals surface area contributed by atoms with Crippen molar-refractivity contribution in [2.75, 3.05) is 7.11 Å². The quantitative estimate of drug-likeness (QED) is 0.878. The Morgan fingerprint density at radius 1 is 1.41 bits per heavy atom. The van der Waals surface area contributed by atoms with Crippen molar-refractivity contribution in [3.8, 4) is 5.75 Å². The Morgan fingerprint density at radius 3 is 2.76 bits per heavy atom. The molecule has 0 saturated carbocycles. The molecule has 2 rings (SSSR count). The third kappa shape index (κ3) is 2.17. The molecule has 90 valence electrons. The van der Waals surface area contributed by atoms with Crippen LogP contribution in [-0.2, 0) is 7.05 Å². The molecule has 0 aliphatic rings. The highest BCUT2D eigenvalue weighted by molar-refractivity contribution is 5.38. The number of hydrogen-bond donors (Lipinski definition) is 1. The summed E-state index contributed by atoms with van der Waals surface area (Å²) >= 11 is 0. The third-order valence-corrected chi connectivity index (χ3v) is 2.85. The number of rotatable bonds is 3. The van der Waals surface area contributed by atoms with Crippen molar-refractivity contribution in [2.45, 2.75) is 13.0 Å². The Bertz CT molecular complexity index is 520. The van der Waals surface area contributed by atoms with Crippen LogP contribution in [-0.4, -0.2) is 21.8 Å². The Labute approximate surface area is 100 Å². The van der Waals surface area contributed by atoms with Gasteiger partial charge in [-0.1, -0.05) is 12.1 Å². The van der Waals surface area contributed by atoms with E-state index < -0.39 is 6.10 Å². The van der Waals surface area contributed by atoms with Crippen LogP contribution in [0.4, 0.5) is 0 Å². The average Bonchev–Trinajstić information content (AvgIpc) is 2.75. The van der Waals surface area contributed by atoms with Gasteiger partial charge >= 0.3 is 0 Å². The maximum Gasteiger partial charge on any atom is 0.142 e. The molecule has 1 aromatic heterocycles. The molecule has 0 aliphatic heterocycles. The number of aliphatic hydroxyl groups is 1. The summed E-state index contributed by atoms with van der Waals surface area (Å²) in [4.78, 5) is 4.14. The third-order valence-electron chi connectivity index (χ3n) is 2.85. The summed E-state index contributed by atoms with van der Waals surface area (Å²) in [6, 6.07) is 5.66. The molecule has 0 aliphatic carbocycles. The van der Waals surface area contributed by atoms with Crippen LogP contribution in [0.5, 0.6) is 5.75 Å². The summed E-state index contributed by atoms with van der Waals surface area (Å²) in [6.45, 7) is 1.97. The van der Waals surface area contributed by atoms with E-state index in [-0.39, 0.29) is 0 Å². The first-order chi connectivity index (χ1) is 8.13. The molecule has 1 aromatic carbocycles. The smallest absolute Gasteiger partial charge is 0.142 e. The molecule has 0 bridgehead atoms. The lowest BCUT2D eigenvalue weighted by Crippen LogP contribution is -2.07. The molecular formula is C13H16N2O2. The first kappa shape index (κ1) is 11.7. The minimum absolute atomic E-state index is 0.621. The van der Waals surface area contributed by atoms with Crippen LogP contribution in [0.2, 0.25) is 0 Å². The molecule has 2 aromatic rings. The molecule has 0 fully saturated rings. The van der Waals surface area contributed by atoms with E-state index in [2.05, 4.69) is 4.98 Å². The van der Waals surface area contributed by atoms with E-state index in [0.29, 0.717) is 5.82 Å². The van der Waals surface area contributed by atoms with Crippen LogP contribution in [0, 0.1) is 6.92 Å². The Balaban J connectivity index is 2.38. The molecule has 0 radical (unpaired) electrons. The van der Waals surface area contributed by atoms with E-state index in [9.17, 15) is 5.11 Å². The predicted octanol–water partition coefficient (Wildman–Crippen LogP) is 1.82. The summed E-state index contributed by atoms with van der Waals surface area (Å²) < 4.78 is 7.05. The lowest BCUT2D eigenvalue weighted by atomic mass is 10.1. The zero-order valence-electron chi connectivity index (χ0n) is 10.2. The maximum atomic E-state index is 10.2. The molecule has 0 spiro atoms. The minimum atomic E-state index is -0.732. The second-order valence-corrected chi connectivity index (χ2v) is 4.03. The van der Waals surface area contributed by atoms with Crippen molar-refractivity contribution < 1.29 is 9.84 Å². The number of hydrogen-bond acceptors (Lipinski definition) is 3. The largest absolute Gasteiger partial charge is 0.496 e. The predicted molar refractivity (Wildman–Crippen MR) is 65.0 cm³/mol. The van der Waals surface area contributed by atoms with Crippen LogP contribution in [0.25, 0.3) is 0 Å². The number of imidazole rings is 1. The number of benzene rings is 1. The summed E-state index contributed by atoms with van der Waals surface area (Å²) in [5.74, 6) is 1.40. The number of aliphatic hydroxyl groups excluding tert-OH is 1. The number of aryl methyl sites for hydroxylation is 2. The molecule has 1 heterocycles. The van der Waals surface area contributed by atoms with E-state index >= 15 is 0 Å². The van der Waals surface area contributed by atoms with Gasteiger partial charge in [-0.2, -0.15) is 0 Å². The Morgan fingerprint density at radius 2 is 2.18 bits per heavy atom. The standard InChI is InChI=1S/C13H16N2O2/c1-9-4-5-10(8-11(9)17-3)12(16)13-14-6-7-15(13)2/h4-8,12,16H,1-3H3. The molecule has 1 unspecified atom stereocenters. The summed E-state index contributed by atoms with van der Waals surface area (Å²) in [5.41, 5.74) is 1.82. The van der Waals surface area contributed by atoms with Gasteiger partial charge in [0.15, 0.2) is 0 Å². The van der Waals surface area contributed by atoms with Gasteiger partial charge in [-0.3, -0.25) is 0 Å². The molecule has 1 atom stereocenters. The van der Waals surface area contributed by atoms with Crippen LogP contribution < -0.4 is 4.74 Å². The van der Waals surface area contributed by atoms with Gasteiger partial charge in [0.1, 0.15) is 17.7 Å². The fourth-order valence-electron chi connectivity index (χ4n) is 1.80. The van der Waals surface area contributed by atoms with Gasteiger partial charge in [-0.25, -0.2) is 4.98 Å². The topological polar surface area (TPSA) is 47.3 Å². The number of nitrogens with zero attached hydrogens (tertiary/aromatic N) is 2. The highest BCUT2D eigenvalue weighted by Gasteiger charge is 2.15. The highest BCUT2D eigenvalue weighted by Crippen LogP contribution is 2.26. The molecule has 4 nitrogen and oxygen atoms in total. The van der Waals surface area contributed by atoms with Gasteiger partial charge in [-0.05, 0) is 24.1 Å². The SMILES string of the molecule is COc1cc(C(O)c2nccn2C)ccc1C. The van der Waals surface area contributed by atoms with Gasteiger partial charge in [0.25, 0.3) is 0 Å². The van der Waals surface area contributed by atoms with Crippen LogP contribution >= 0.6 is 0 Å². The van der Waals surface area contributed by atoms with E-state index in [1.54, 1.807) is 17.9 Å². The van der Waals surface area contributed by atoms with Crippen molar-refractivity contribution in [3.05, 3.63) is 47.5 Å². The molecule has 4 heteroatoms. The Hall–Kier alpha value is -1.81. The second kappa shape index (κ2) is 4.59. The van der Waals surface area contributed by atoms with Gasteiger partial charge < -0.3 is 14.4 Å². The van der Waals surface area contributed by atoms with Crippen LogP contribution in [0.3, 0.4) is 0 Å². The molecule has 0 saturated heterocycles. The van der Waals surface area contributed by atoms with Gasteiger partial charge in [0.05, 0.1) is 7.11 Å². The average molecular weight is 232 g/mol. The zero-order valence-corrected chi connectivity index (χ0v) is 10.2. The van der Waals surface area contributed by atoms with Crippen molar-refractivity contribution in [1.82, 2.24) is 9.55 Å². The number of aromatic nitrogens is 2. The molecule has 17 heavy (non-hydrogen) atoms. The van der Waals surface area contributed by atoms with Gasteiger partial charge in [0, 0.05) is 19.4 Å². The van der Waals surface area contributed by atoms with E-state index in [1.165, 1.54) is 0 Å². The van der Waals surface area contributed by atoms with Crippen molar-refractivity contribution >= 4 is 0 Å². The summed E-state index contributed by atoms with van der Waals surface area (Å²) in [6.07, 6.45) is 2.75. The van der Waals surface area contributed by atoms with Gasteiger partial charge in [-0.15, -0.1) is 0 Å². The lowest BCUT2D eigenvalue weighted by molar-refractivity contribution is 0.205. The number of ether oxygens (including phenoxy) is 1. The minimum Gasteiger partial charge on any atom is -0.496 e. The first-order valence-corrected chi connectivity index (χ1v) is 5.43. The molecular weight excluding hydrogens is 216 g/mol. The first-order valence-electron chi connectivity index (χ1n) is 5.43. The highest BCUT2D eigenvalue weighted by atomic mass is 16.5. The summed E-state index contributed by atoms with van der Waals surface area (Å²) in [7, 11) is 3.48. The monoisotopic (exact) mass is 232 g/mol. The molecule has 0 amide bonds. The lowest BCUT2D eigenvalue weighted by Gasteiger charge is -2.13. The molecule has 1 N–H and O–H groups in total. The van der Waals surface area contributed by atoms with E-state index in [4.69, 9.17) is 4.74 Å². The Kier molecular flexibility index (Phi) is 3.15. The van der Waals surface area contributed by atoms with Crippen LogP contribution in [0.1, 0.15) is 23.1 Å². The fourth-order valence-corrected chi connectivity index (χ4v) is 1.80. The second-order valence-electron chi connectivity index (χ2n) is 4.03. The van der Waals surface area contributed by atoms with Crippen molar-refractivity contribution in [2.24, 2.45) is 7.05 Å². The number of methoxy groups -OCH3 is 1. The van der Waals surface area contributed by atoms with Gasteiger partial charge in [0.2, 0.25) is 0 Å². The van der Waals surface area contributed by atoms with Crippen LogP contribution in [0.15, 0.2) is 30.6 Å². The zero-order chi connectivity index (χ0) is 12.4. The fraction of sp³-hybridized carbons (Fsp3) is 0.308. The summed E-state index contributed by atoms with van der Waals surface area (Å²) in [5, 5.41) is 10.2.